The van der Waals surface area contributed by atoms with Crippen molar-refractivity contribution in [2.24, 2.45) is 17.1 Å². The first kappa shape index (κ1) is 17.2. The molecule has 3 N–H and O–H groups in total. The molecule has 1 fully saturated rings. The molecule has 0 spiro atoms. The summed E-state index contributed by atoms with van der Waals surface area (Å²) >= 11 is 0. The zero-order valence-corrected chi connectivity index (χ0v) is 13.4. The van der Waals surface area contributed by atoms with E-state index in [-0.39, 0.29) is 29.1 Å². The van der Waals surface area contributed by atoms with Crippen LogP contribution in [0.4, 0.5) is 0 Å². The van der Waals surface area contributed by atoms with E-state index in [2.05, 4.69) is 5.32 Å². The summed E-state index contributed by atoms with van der Waals surface area (Å²) in [6, 6.07) is -0.931. The summed E-state index contributed by atoms with van der Waals surface area (Å²) < 4.78 is 0. The molecule has 1 amide bonds. The molecule has 116 valence electrons. The van der Waals surface area contributed by atoms with Crippen molar-refractivity contribution in [2.45, 2.75) is 78.3 Å². The summed E-state index contributed by atoms with van der Waals surface area (Å²) in [5, 5.41) is 2.93. The maximum atomic E-state index is 12.3. The van der Waals surface area contributed by atoms with Crippen LogP contribution in [-0.4, -0.2) is 23.8 Å². The molecular weight excluding hydrogens is 252 g/mol. The molecule has 0 unspecified atom stereocenters. The Balaban J connectivity index is 2.74. The molecule has 0 saturated heterocycles. The molecule has 0 bridgehead atoms. The number of carbonyl (C=O) groups excluding carboxylic acids is 2. The SMILES string of the molecule is CCC(=O)[C@@H](NC(=O)[C@@H](N)C(C)(C)C)C1CCCCC1. The number of hydrogen-bond donors (Lipinski definition) is 2. The first-order chi connectivity index (χ1) is 9.27. The van der Waals surface area contributed by atoms with Crippen molar-refractivity contribution in [3.63, 3.8) is 0 Å². The van der Waals surface area contributed by atoms with Crippen molar-refractivity contribution in [1.29, 1.82) is 0 Å². The van der Waals surface area contributed by atoms with Crippen molar-refractivity contribution >= 4 is 11.7 Å². The molecule has 0 aliphatic heterocycles. The van der Waals surface area contributed by atoms with Gasteiger partial charge in [0.25, 0.3) is 0 Å². The van der Waals surface area contributed by atoms with Crippen LogP contribution in [0, 0.1) is 11.3 Å². The highest BCUT2D eigenvalue weighted by Gasteiger charge is 2.34. The molecule has 1 saturated carbocycles. The van der Waals surface area contributed by atoms with E-state index in [1.54, 1.807) is 0 Å². The van der Waals surface area contributed by atoms with E-state index in [0.29, 0.717) is 6.42 Å². The van der Waals surface area contributed by atoms with Crippen LogP contribution in [0.5, 0.6) is 0 Å². The highest BCUT2D eigenvalue weighted by atomic mass is 16.2. The summed E-state index contributed by atoms with van der Waals surface area (Å²) in [5.74, 6) is 0.216. The minimum absolute atomic E-state index is 0.131. The van der Waals surface area contributed by atoms with E-state index >= 15 is 0 Å². The Morgan fingerprint density at radius 1 is 1.20 bits per heavy atom. The van der Waals surface area contributed by atoms with E-state index in [9.17, 15) is 9.59 Å². The van der Waals surface area contributed by atoms with Gasteiger partial charge in [-0.1, -0.05) is 47.0 Å². The smallest absolute Gasteiger partial charge is 0.238 e. The summed E-state index contributed by atoms with van der Waals surface area (Å²) in [6.07, 6.45) is 6.06. The molecule has 0 aromatic carbocycles. The Morgan fingerprint density at radius 2 is 1.75 bits per heavy atom. The first-order valence-corrected chi connectivity index (χ1v) is 7.86. The Bertz CT molecular complexity index is 341. The van der Waals surface area contributed by atoms with Gasteiger partial charge >= 0.3 is 0 Å². The summed E-state index contributed by atoms with van der Waals surface area (Å²) in [5.41, 5.74) is 5.70. The number of hydrogen-bond acceptors (Lipinski definition) is 3. The largest absolute Gasteiger partial charge is 0.345 e. The van der Waals surface area contributed by atoms with Crippen LogP contribution >= 0.6 is 0 Å². The van der Waals surface area contributed by atoms with Crippen molar-refractivity contribution in [1.82, 2.24) is 5.32 Å². The molecule has 1 rings (SSSR count). The molecule has 1 aliphatic rings. The summed E-state index contributed by atoms with van der Waals surface area (Å²) in [4.78, 5) is 24.4. The van der Waals surface area contributed by atoms with Gasteiger partial charge in [0.05, 0.1) is 12.1 Å². The number of Topliss-reactive ketones (excluding diaryl/α,β-unsaturated/α-hetero) is 1. The van der Waals surface area contributed by atoms with E-state index in [1.165, 1.54) is 6.42 Å². The van der Waals surface area contributed by atoms with Gasteiger partial charge in [0.1, 0.15) is 0 Å². The van der Waals surface area contributed by atoms with Crippen LogP contribution in [-0.2, 0) is 9.59 Å². The fraction of sp³-hybridized carbons (Fsp3) is 0.875. The molecule has 4 heteroatoms. The van der Waals surface area contributed by atoms with Gasteiger partial charge in [-0.05, 0) is 24.2 Å². The third-order valence-corrected chi connectivity index (χ3v) is 4.33. The van der Waals surface area contributed by atoms with E-state index < -0.39 is 6.04 Å². The number of rotatable bonds is 5. The van der Waals surface area contributed by atoms with Crippen molar-refractivity contribution in [3.05, 3.63) is 0 Å². The van der Waals surface area contributed by atoms with Gasteiger partial charge < -0.3 is 11.1 Å². The van der Waals surface area contributed by atoms with E-state index in [1.807, 2.05) is 27.7 Å². The molecule has 0 radical (unpaired) electrons. The van der Waals surface area contributed by atoms with Crippen molar-refractivity contribution in [2.75, 3.05) is 0 Å². The quantitative estimate of drug-likeness (QED) is 0.813. The van der Waals surface area contributed by atoms with Gasteiger partial charge in [-0.25, -0.2) is 0 Å². The van der Waals surface area contributed by atoms with Crippen molar-refractivity contribution < 1.29 is 9.59 Å². The molecule has 0 heterocycles. The Kier molecular flexibility index (Phi) is 6.18. The molecule has 0 aromatic rings. The lowest BCUT2D eigenvalue weighted by Gasteiger charge is -2.33. The van der Waals surface area contributed by atoms with Gasteiger partial charge in [-0.15, -0.1) is 0 Å². The second-order valence-corrected chi connectivity index (χ2v) is 7.05. The van der Waals surface area contributed by atoms with Gasteiger partial charge in [-0.3, -0.25) is 9.59 Å². The molecule has 0 aromatic heterocycles. The fourth-order valence-corrected chi connectivity index (χ4v) is 2.78. The summed E-state index contributed by atoms with van der Waals surface area (Å²) in [6.45, 7) is 7.67. The maximum absolute atomic E-state index is 12.3. The van der Waals surface area contributed by atoms with Crippen LogP contribution in [0.25, 0.3) is 0 Å². The molecule has 1 aliphatic carbocycles. The minimum atomic E-state index is -0.585. The second kappa shape index (κ2) is 7.21. The normalized spacial score (nSPS) is 20.2. The van der Waals surface area contributed by atoms with Crippen molar-refractivity contribution in [3.8, 4) is 0 Å². The second-order valence-electron chi connectivity index (χ2n) is 7.05. The lowest BCUT2D eigenvalue weighted by molar-refractivity contribution is -0.131. The molecular formula is C16H30N2O2. The van der Waals surface area contributed by atoms with E-state index in [4.69, 9.17) is 5.73 Å². The monoisotopic (exact) mass is 282 g/mol. The third-order valence-electron chi connectivity index (χ3n) is 4.33. The first-order valence-electron chi connectivity index (χ1n) is 7.86. The number of carbonyl (C=O) groups is 2. The average Bonchev–Trinajstić information content (AvgIpc) is 2.42. The lowest BCUT2D eigenvalue weighted by Crippen LogP contribution is -2.55. The predicted molar refractivity (Wildman–Crippen MR) is 81.2 cm³/mol. The van der Waals surface area contributed by atoms with Gasteiger partial charge in [-0.2, -0.15) is 0 Å². The standard InChI is InChI=1S/C16H30N2O2/c1-5-12(19)13(11-9-7-6-8-10-11)18-15(20)14(17)16(2,3)4/h11,13-14H,5-10,17H2,1-4H3,(H,18,20)/t13-,14+/m0/s1. The van der Waals surface area contributed by atoms with Gasteiger partial charge in [0, 0.05) is 6.42 Å². The van der Waals surface area contributed by atoms with Gasteiger partial charge in [0.15, 0.2) is 5.78 Å². The van der Waals surface area contributed by atoms with Gasteiger partial charge in [0.2, 0.25) is 5.91 Å². The number of nitrogens with one attached hydrogen (secondary N) is 1. The lowest BCUT2D eigenvalue weighted by atomic mass is 9.81. The average molecular weight is 282 g/mol. The number of ketones is 1. The molecule has 20 heavy (non-hydrogen) atoms. The highest BCUT2D eigenvalue weighted by Crippen LogP contribution is 2.28. The molecule has 4 nitrogen and oxygen atoms in total. The minimum Gasteiger partial charge on any atom is -0.345 e. The Morgan fingerprint density at radius 3 is 2.20 bits per heavy atom. The predicted octanol–water partition coefficient (Wildman–Crippen LogP) is 2.40. The topological polar surface area (TPSA) is 72.2 Å². The van der Waals surface area contributed by atoms with Crippen LogP contribution in [0.1, 0.15) is 66.2 Å². The third kappa shape index (κ3) is 4.58. The number of amides is 1. The zero-order valence-electron chi connectivity index (χ0n) is 13.4. The van der Waals surface area contributed by atoms with Crippen LogP contribution in [0.3, 0.4) is 0 Å². The highest BCUT2D eigenvalue weighted by molar-refractivity contribution is 5.91. The Hall–Kier alpha value is -0.900. The Labute approximate surface area is 122 Å². The molecule has 2 atom stereocenters. The number of nitrogens with two attached hydrogens (primary N) is 1. The zero-order chi connectivity index (χ0) is 15.3. The van der Waals surface area contributed by atoms with Crippen LogP contribution in [0.2, 0.25) is 0 Å². The van der Waals surface area contributed by atoms with E-state index in [0.717, 1.165) is 25.7 Å². The summed E-state index contributed by atoms with van der Waals surface area (Å²) in [7, 11) is 0. The fourth-order valence-electron chi connectivity index (χ4n) is 2.78. The maximum Gasteiger partial charge on any atom is 0.238 e. The van der Waals surface area contributed by atoms with Crippen LogP contribution < -0.4 is 11.1 Å². The van der Waals surface area contributed by atoms with Crippen LogP contribution in [0.15, 0.2) is 0 Å².